The number of amides is 1. The van der Waals surface area contributed by atoms with Gasteiger partial charge in [-0.15, -0.1) is 0 Å². The van der Waals surface area contributed by atoms with Crippen molar-refractivity contribution in [2.75, 3.05) is 13.2 Å². The average Bonchev–Trinajstić information content (AvgIpc) is 3.09. The van der Waals surface area contributed by atoms with Crippen molar-refractivity contribution >= 4 is 16.9 Å². The molecule has 128 valence electrons. The predicted molar refractivity (Wildman–Crippen MR) is 89.6 cm³/mol. The van der Waals surface area contributed by atoms with E-state index in [4.69, 9.17) is 13.9 Å². The molecule has 1 aliphatic heterocycles. The third-order valence-electron chi connectivity index (χ3n) is 4.15. The molecule has 3 rings (SSSR count). The molecule has 0 radical (unpaired) electrons. The molecule has 1 N–H and O–H groups in total. The van der Waals surface area contributed by atoms with Gasteiger partial charge in [-0.2, -0.15) is 0 Å². The highest BCUT2D eigenvalue weighted by molar-refractivity contribution is 5.97. The molecule has 24 heavy (non-hydrogen) atoms. The third-order valence-corrected chi connectivity index (χ3v) is 4.15. The van der Waals surface area contributed by atoms with Crippen LogP contribution in [0.5, 0.6) is 5.75 Å². The van der Waals surface area contributed by atoms with E-state index in [1.807, 2.05) is 13.8 Å². The van der Waals surface area contributed by atoms with Crippen molar-refractivity contribution in [1.82, 2.24) is 5.32 Å². The summed E-state index contributed by atoms with van der Waals surface area (Å²) in [6, 6.07) is 6.69. The highest BCUT2D eigenvalue weighted by Crippen LogP contribution is 2.25. The molecular weight excluding hydrogens is 310 g/mol. The van der Waals surface area contributed by atoms with Gasteiger partial charge in [0, 0.05) is 12.0 Å². The Morgan fingerprint density at radius 2 is 2.29 bits per heavy atom. The molecule has 2 atom stereocenters. The van der Waals surface area contributed by atoms with Crippen LogP contribution in [-0.4, -0.2) is 31.3 Å². The van der Waals surface area contributed by atoms with Gasteiger partial charge < -0.3 is 19.2 Å². The zero-order valence-corrected chi connectivity index (χ0v) is 13.8. The van der Waals surface area contributed by atoms with Gasteiger partial charge in [0.15, 0.2) is 11.3 Å². The Hall–Kier alpha value is -2.34. The Morgan fingerprint density at radius 3 is 3.00 bits per heavy atom. The zero-order chi connectivity index (χ0) is 17.1. The lowest BCUT2D eigenvalue weighted by atomic mass is 10.1. The van der Waals surface area contributed by atoms with Crippen LogP contribution in [0.4, 0.5) is 0 Å². The van der Waals surface area contributed by atoms with E-state index >= 15 is 0 Å². The van der Waals surface area contributed by atoms with E-state index in [1.165, 1.54) is 0 Å². The lowest BCUT2D eigenvalue weighted by Crippen LogP contribution is -2.42. The molecule has 0 spiro atoms. The average molecular weight is 331 g/mol. The quantitative estimate of drug-likeness (QED) is 0.852. The normalized spacial score (nSPS) is 18.5. The van der Waals surface area contributed by atoms with Crippen molar-refractivity contribution in [3.63, 3.8) is 0 Å². The van der Waals surface area contributed by atoms with Crippen LogP contribution < -0.4 is 15.7 Å². The van der Waals surface area contributed by atoms with E-state index in [0.29, 0.717) is 29.9 Å². The van der Waals surface area contributed by atoms with Gasteiger partial charge in [0.2, 0.25) is 0 Å². The highest BCUT2D eigenvalue weighted by atomic mass is 16.5. The molecule has 0 bridgehead atoms. The molecule has 2 aromatic rings. The van der Waals surface area contributed by atoms with Crippen LogP contribution in [0.15, 0.2) is 33.5 Å². The molecule has 1 fully saturated rings. The fraction of sp³-hybridized carbons (Fsp3) is 0.444. The molecule has 6 nitrogen and oxygen atoms in total. The number of hydrogen-bond donors (Lipinski definition) is 1. The van der Waals surface area contributed by atoms with Crippen LogP contribution >= 0.6 is 0 Å². The molecule has 1 aromatic heterocycles. The van der Waals surface area contributed by atoms with Crippen molar-refractivity contribution in [3.8, 4) is 5.75 Å². The first-order chi connectivity index (χ1) is 11.6. The number of fused-ring (bicyclic) bond motifs is 1. The topological polar surface area (TPSA) is 77.8 Å². The summed E-state index contributed by atoms with van der Waals surface area (Å²) < 4.78 is 16.4. The molecule has 1 saturated heterocycles. The van der Waals surface area contributed by atoms with E-state index in [0.717, 1.165) is 12.8 Å². The van der Waals surface area contributed by atoms with Gasteiger partial charge in [0.05, 0.1) is 18.8 Å². The van der Waals surface area contributed by atoms with Crippen LogP contribution in [0.1, 0.15) is 37.0 Å². The minimum absolute atomic E-state index is 0.00833. The summed E-state index contributed by atoms with van der Waals surface area (Å²) in [5.41, 5.74) is -0.333. The predicted octanol–water partition coefficient (Wildman–Crippen LogP) is 2.49. The second-order valence-corrected chi connectivity index (χ2v) is 5.87. The van der Waals surface area contributed by atoms with Gasteiger partial charge in [-0.05, 0) is 38.8 Å². The zero-order valence-electron chi connectivity index (χ0n) is 13.8. The van der Waals surface area contributed by atoms with E-state index in [1.54, 1.807) is 24.3 Å². The maximum atomic E-state index is 12.4. The number of carbonyl (C=O) groups excluding carboxylic acids is 1. The Labute approximate surface area is 139 Å². The molecule has 0 saturated carbocycles. The first kappa shape index (κ1) is 16.5. The van der Waals surface area contributed by atoms with Crippen molar-refractivity contribution in [2.45, 2.75) is 38.8 Å². The summed E-state index contributed by atoms with van der Waals surface area (Å²) >= 11 is 0. The monoisotopic (exact) mass is 331 g/mol. The van der Waals surface area contributed by atoms with Crippen molar-refractivity contribution in [3.05, 3.63) is 40.2 Å². The SMILES string of the molecule is CCOc1cccc2cc(C(=O)N[C@@H](C)[C@@H]3CCCO3)c(=O)oc12. The molecule has 2 heterocycles. The van der Waals surface area contributed by atoms with E-state index < -0.39 is 11.5 Å². The first-order valence-electron chi connectivity index (χ1n) is 8.22. The van der Waals surface area contributed by atoms with Gasteiger partial charge in [-0.25, -0.2) is 4.79 Å². The highest BCUT2D eigenvalue weighted by Gasteiger charge is 2.25. The molecular formula is C18H21NO5. The van der Waals surface area contributed by atoms with Crippen LogP contribution in [0.2, 0.25) is 0 Å². The molecule has 6 heteroatoms. The number of carbonyl (C=O) groups is 1. The molecule has 0 aliphatic carbocycles. The molecule has 1 amide bonds. The Bertz CT molecular complexity index is 792. The van der Waals surface area contributed by atoms with E-state index in [9.17, 15) is 9.59 Å². The molecule has 0 unspecified atom stereocenters. The van der Waals surface area contributed by atoms with Crippen LogP contribution in [0.3, 0.4) is 0 Å². The van der Waals surface area contributed by atoms with Crippen molar-refractivity contribution < 1.29 is 18.7 Å². The number of rotatable bonds is 5. The summed E-state index contributed by atoms with van der Waals surface area (Å²) in [5.74, 6) is 0.0437. The second-order valence-electron chi connectivity index (χ2n) is 5.87. The minimum atomic E-state index is -0.674. The summed E-state index contributed by atoms with van der Waals surface area (Å²) in [6.07, 6.45) is 1.89. The number of nitrogens with one attached hydrogen (secondary N) is 1. The minimum Gasteiger partial charge on any atom is -0.490 e. The summed E-state index contributed by atoms with van der Waals surface area (Å²) in [4.78, 5) is 24.6. The van der Waals surface area contributed by atoms with E-state index in [2.05, 4.69) is 5.32 Å². The molecule has 1 aromatic carbocycles. The summed E-state index contributed by atoms with van der Waals surface area (Å²) in [6.45, 7) is 4.90. The van der Waals surface area contributed by atoms with E-state index in [-0.39, 0.29) is 17.7 Å². The Balaban J connectivity index is 1.87. The van der Waals surface area contributed by atoms with Gasteiger partial charge in [-0.1, -0.05) is 12.1 Å². The van der Waals surface area contributed by atoms with Gasteiger partial charge in [0.25, 0.3) is 5.91 Å². The number of para-hydroxylation sites is 1. The van der Waals surface area contributed by atoms with Crippen LogP contribution in [-0.2, 0) is 4.74 Å². The van der Waals surface area contributed by atoms with Crippen molar-refractivity contribution in [1.29, 1.82) is 0 Å². The van der Waals surface area contributed by atoms with Gasteiger partial charge in [-0.3, -0.25) is 4.79 Å². The van der Waals surface area contributed by atoms with Gasteiger partial charge >= 0.3 is 5.63 Å². The fourth-order valence-corrected chi connectivity index (χ4v) is 2.92. The number of hydrogen-bond acceptors (Lipinski definition) is 5. The van der Waals surface area contributed by atoms with Crippen LogP contribution in [0.25, 0.3) is 11.0 Å². The number of benzene rings is 1. The Kier molecular flexibility index (Phi) is 4.85. The van der Waals surface area contributed by atoms with Gasteiger partial charge in [0.1, 0.15) is 5.56 Å². The number of ether oxygens (including phenoxy) is 2. The first-order valence-corrected chi connectivity index (χ1v) is 8.22. The largest absolute Gasteiger partial charge is 0.490 e. The molecule has 1 aliphatic rings. The standard InChI is InChI=1S/C18H21NO5/c1-3-22-15-7-4-6-12-10-13(18(21)24-16(12)15)17(20)19-11(2)14-8-5-9-23-14/h4,6-7,10-11,14H,3,5,8-9H2,1-2H3,(H,19,20)/t11-,14-/m0/s1. The summed E-state index contributed by atoms with van der Waals surface area (Å²) in [5, 5.41) is 3.48. The maximum Gasteiger partial charge on any atom is 0.349 e. The Morgan fingerprint density at radius 1 is 1.46 bits per heavy atom. The van der Waals surface area contributed by atoms with Crippen LogP contribution in [0, 0.1) is 0 Å². The maximum absolute atomic E-state index is 12.4. The smallest absolute Gasteiger partial charge is 0.349 e. The van der Waals surface area contributed by atoms with Crippen molar-refractivity contribution in [2.24, 2.45) is 0 Å². The fourth-order valence-electron chi connectivity index (χ4n) is 2.92. The lowest BCUT2D eigenvalue weighted by Gasteiger charge is -2.19. The third kappa shape index (κ3) is 3.28. The lowest BCUT2D eigenvalue weighted by molar-refractivity contribution is 0.0710. The summed E-state index contributed by atoms with van der Waals surface area (Å²) in [7, 11) is 0. The second kappa shape index (κ2) is 7.05.